The number of rotatable bonds is 4. The van der Waals surface area contributed by atoms with E-state index in [1.165, 1.54) is 0 Å². The highest BCUT2D eigenvalue weighted by molar-refractivity contribution is 5.79. The summed E-state index contributed by atoms with van der Waals surface area (Å²) in [6.45, 7) is 1.82. The maximum atomic E-state index is 5.91. The lowest BCUT2D eigenvalue weighted by atomic mass is 10.1. The maximum absolute atomic E-state index is 5.91. The van der Waals surface area contributed by atoms with Crippen molar-refractivity contribution in [2.75, 3.05) is 18.6 Å². The van der Waals surface area contributed by atoms with E-state index in [2.05, 4.69) is 4.98 Å². The summed E-state index contributed by atoms with van der Waals surface area (Å²) >= 11 is 0. The van der Waals surface area contributed by atoms with E-state index in [0.717, 1.165) is 11.1 Å². The molecule has 0 amide bonds. The third-order valence-corrected chi connectivity index (χ3v) is 2.75. The number of ether oxygens (including phenoxy) is 2. The van der Waals surface area contributed by atoms with Gasteiger partial charge in [-0.2, -0.15) is 0 Å². The van der Waals surface area contributed by atoms with Gasteiger partial charge in [-0.1, -0.05) is 18.2 Å². The highest BCUT2D eigenvalue weighted by Gasteiger charge is 2.12. The first-order valence-electron chi connectivity index (χ1n) is 5.92. The van der Waals surface area contributed by atoms with Crippen LogP contribution in [0.4, 0.5) is 11.6 Å². The Labute approximate surface area is 112 Å². The van der Waals surface area contributed by atoms with Crippen LogP contribution in [0.15, 0.2) is 36.4 Å². The van der Waals surface area contributed by atoms with Crippen LogP contribution in [0.1, 0.15) is 6.92 Å². The van der Waals surface area contributed by atoms with E-state index >= 15 is 0 Å². The molecular formula is C14H17N3O2. The summed E-state index contributed by atoms with van der Waals surface area (Å²) in [5.41, 5.74) is 13.2. The zero-order chi connectivity index (χ0) is 13.8. The molecule has 0 bridgehead atoms. The van der Waals surface area contributed by atoms with Crippen LogP contribution in [-0.2, 0) is 4.74 Å². The molecule has 0 radical (unpaired) electrons. The second kappa shape index (κ2) is 5.58. The van der Waals surface area contributed by atoms with Crippen molar-refractivity contribution < 1.29 is 9.47 Å². The molecule has 1 aromatic heterocycles. The van der Waals surface area contributed by atoms with Gasteiger partial charge in [0.25, 0.3) is 0 Å². The van der Waals surface area contributed by atoms with E-state index in [9.17, 15) is 0 Å². The third-order valence-electron chi connectivity index (χ3n) is 2.75. The minimum atomic E-state index is -0.343. The molecule has 2 aromatic rings. The van der Waals surface area contributed by atoms with E-state index in [0.29, 0.717) is 17.4 Å². The van der Waals surface area contributed by atoms with Gasteiger partial charge in [-0.25, -0.2) is 4.98 Å². The summed E-state index contributed by atoms with van der Waals surface area (Å²) in [4.78, 5) is 4.06. The molecule has 100 valence electrons. The second-order valence-electron chi connectivity index (χ2n) is 4.09. The molecule has 0 aliphatic rings. The summed E-state index contributed by atoms with van der Waals surface area (Å²) in [5.74, 6) is 1.46. The van der Waals surface area contributed by atoms with Crippen molar-refractivity contribution in [3.05, 3.63) is 36.4 Å². The fourth-order valence-electron chi connectivity index (χ4n) is 1.74. The van der Waals surface area contributed by atoms with Crippen LogP contribution >= 0.6 is 0 Å². The number of nitrogen functional groups attached to an aromatic ring is 2. The van der Waals surface area contributed by atoms with Gasteiger partial charge in [-0.15, -0.1) is 0 Å². The molecule has 0 spiro atoms. The number of pyridine rings is 1. The summed E-state index contributed by atoms with van der Waals surface area (Å²) in [6.07, 6.45) is -0.343. The lowest BCUT2D eigenvalue weighted by molar-refractivity contribution is -0.0379. The van der Waals surface area contributed by atoms with Gasteiger partial charge < -0.3 is 20.9 Å². The van der Waals surface area contributed by atoms with Gasteiger partial charge in [0.05, 0.1) is 0 Å². The van der Waals surface area contributed by atoms with Gasteiger partial charge in [-0.05, 0) is 25.1 Å². The summed E-state index contributed by atoms with van der Waals surface area (Å²) in [6, 6.07) is 11.1. The quantitative estimate of drug-likeness (QED) is 0.823. The summed E-state index contributed by atoms with van der Waals surface area (Å²) < 4.78 is 10.8. The predicted molar refractivity (Wildman–Crippen MR) is 75.6 cm³/mol. The highest BCUT2D eigenvalue weighted by Crippen LogP contribution is 2.33. The number of nitrogens with two attached hydrogens (primary N) is 2. The molecule has 0 saturated carbocycles. The normalized spacial score (nSPS) is 12.1. The van der Waals surface area contributed by atoms with Crippen molar-refractivity contribution in [3.8, 4) is 16.9 Å². The Morgan fingerprint density at radius 2 is 1.79 bits per heavy atom. The van der Waals surface area contributed by atoms with Gasteiger partial charge in [0.2, 0.25) is 0 Å². The van der Waals surface area contributed by atoms with Crippen molar-refractivity contribution in [2.24, 2.45) is 0 Å². The molecule has 0 aliphatic heterocycles. The number of methoxy groups -OCH3 is 1. The highest BCUT2D eigenvalue weighted by atomic mass is 16.7. The standard InChI is InChI=1S/C14H17N3O2/c1-9(18-2)19-12-6-4-3-5-10(12)11-7-8-13(15)17-14(11)16/h3-9H,1-2H3,(H4,15,16,17). The molecule has 19 heavy (non-hydrogen) atoms. The van der Waals surface area contributed by atoms with E-state index in [-0.39, 0.29) is 6.29 Å². The van der Waals surface area contributed by atoms with Gasteiger partial charge >= 0.3 is 0 Å². The predicted octanol–water partition coefficient (Wildman–Crippen LogP) is 2.28. The Morgan fingerprint density at radius 1 is 1.05 bits per heavy atom. The minimum Gasteiger partial charge on any atom is -0.465 e. The van der Waals surface area contributed by atoms with Gasteiger partial charge in [-0.3, -0.25) is 0 Å². The molecule has 1 heterocycles. The molecule has 2 rings (SSSR count). The molecule has 4 N–H and O–H groups in total. The van der Waals surface area contributed by atoms with E-state index in [1.807, 2.05) is 37.3 Å². The number of hydrogen-bond donors (Lipinski definition) is 2. The zero-order valence-electron chi connectivity index (χ0n) is 11.0. The first kappa shape index (κ1) is 13.2. The molecule has 1 atom stereocenters. The number of hydrogen-bond acceptors (Lipinski definition) is 5. The molecule has 0 fully saturated rings. The third kappa shape index (κ3) is 2.95. The van der Waals surface area contributed by atoms with Crippen molar-refractivity contribution >= 4 is 11.6 Å². The van der Waals surface area contributed by atoms with Crippen LogP contribution in [0.25, 0.3) is 11.1 Å². The Kier molecular flexibility index (Phi) is 3.87. The number of anilines is 2. The number of para-hydroxylation sites is 1. The topological polar surface area (TPSA) is 83.4 Å². The molecule has 5 nitrogen and oxygen atoms in total. The Balaban J connectivity index is 2.44. The molecular weight excluding hydrogens is 242 g/mol. The molecule has 0 saturated heterocycles. The van der Waals surface area contributed by atoms with Crippen LogP contribution in [0, 0.1) is 0 Å². The number of aromatic nitrogens is 1. The van der Waals surface area contributed by atoms with Crippen LogP contribution in [-0.4, -0.2) is 18.4 Å². The first-order valence-corrected chi connectivity index (χ1v) is 5.92. The van der Waals surface area contributed by atoms with E-state index in [1.54, 1.807) is 13.2 Å². The number of nitrogens with zero attached hydrogens (tertiary/aromatic N) is 1. The molecule has 5 heteroatoms. The number of benzene rings is 1. The fourth-order valence-corrected chi connectivity index (χ4v) is 1.74. The van der Waals surface area contributed by atoms with Crippen LogP contribution in [0.3, 0.4) is 0 Å². The largest absolute Gasteiger partial charge is 0.465 e. The minimum absolute atomic E-state index is 0.343. The Bertz CT molecular complexity index is 572. The SMILES string of the molecule is COC(C)Oc1ccccc1-c1ccc(N)nc1N. The monoisotopic (exact) mass is 259 g/mol. The molecule has 0 aliphatic carbocycles. The van der Waals surface area contributed by atoms with Crippen molar-refractivity contribution in [1.82, 2.24) is 4.98 Å². The Morgan fingerprint density at radius 3 is 2.47 bits per heavy atom. The van der Waals surface area contributed by atoms with E-state index in [4.69, 9.17) is 20.9 Å². The van der Waals surface area contributed by atoms with Gasteiger partial charge in [0.15, 0.2) is 6.29 Å². The molecule has 1 aromatic carbocycles. The average Bonchev–Trinajstić information content (AvgIpc) is 2.40. The summed E-state index contributed by atoms with van der Waals surface area (Å²) in [5, 5.41) is 0. The smallest absolute Gasteiger partial charge is 0.196 e. The van der Waals surface area contributed by atoms with Crippen molar-refractivity contribution in [1.29, 1.82) is 0 Å². The second-order valence-corrected chi connectivity index (χ2v) is 4.09. The zero-order valence-corrected chi connectivity index (χ0v) is 11.0. The van der Waals surface area contributed by atoms with Gasteiger partial charge in [0, 0.05) is 18.2 Å². The van der Waals surface area contributed by atoms with Crippen molar-refractivity contribution in [2.45, 2.75) is 13.2 Å². The van der Waals surface area contributed by atoms with Crippen LogP contribution < -0.4 is 16.2 Å². The van der Waals surface area contributed by atoms with E-state index < -0.39 is 0 Å². The fraction of sp³-hybridized carbons (Fsp3) is 0.214. The first-order chi connectivity index (χ1) is 9.11. The Hall–Kier alpha value is -2.27. The lowest BCUT2D eigenvalue weighted by Crippen LogP contribution is -2.14. The molecule has 1 unspecified atom stereocenters. The van der Waals surface area contributed by atoms with Crippen molar-refractivity contribution in [3.63, 3.8) is 0 Å². The maximum Gasteiger partial charge on any atom is 0.196 e. The van der Waals surface area contributed by atoms with Crippen LogP contribution in [0.2, 0.25) is 0 Å². The lowest BCUT2D eigenvalue weighted by Gasteiger charge is -2.16. The average molecular weight is 259 g/mol. The van der Waals surface area contributed by atoms with Crippen LogP contribution in [0.5, 0.6) is 5.75 Å². The van der Waals surface area contributed by atoms with Gasteiger partial charge in [0.1, 0.15) is 17.4 Å². The summed E-state index contributed by atoms with van der Waals surface area (Å²) in [7, 11) is 1.59.